The van der Waals surface area contributed by atoms with Crippen LogP contribution in [0.5, 0.6) is 0 Å². The fourth-order valence-electron chi connectivity index (χ4n) is 0.893. The molecule has 0 aliphatic heterocycles. The fourth-order valence-corrected chi connectivity index (χ4v) is 0.893. The van der Waals surface area contributed by atoms with E-state index in [1.54, 1.807) is 14.4 Å². The van der Waals surface area contributed by atoms with Gasteiger partial charge in [0.15, 0.2) is 0 Å². The summed E-state index contributed by atoms with van der Waals surface area (Å²) in [6, 6.07) is 7.36. The summed E-state index contributed by atoms with van der Waals surface area (Å²) in [6.45, 7) is 5.38. The van der Waals surface area contributed by atoms with E-state index in [9.17, 15) is 5.11 Å². The zero-order chi connectivity index (χ0) is 11.5. The number of benzene rings is 1. The number of aliphatic hydroxyl groups excluding tert-OH is 1. The second-order valence-electron chi connectivity index (χ2n) is 4.18. The predicted molar refractivity (Wildman–Crippen MR) is 64.1 cm³/mol. The first-order valence-electron chi connectivity index (χ1n) is 4.96. The van der Waals surface area contributed by atoms with Crippen molar-refractivity contribution in [3.8, 4) is 0 Å². The lowest BCUT2D eigenvalue weighted by molar-refractivity contribution is -0.0146. The molecule has 2 nitrogen and oxygen atoms in total. The Morgan fingerprint density at radius 2 is 1.87 bits per heavy atom. The van der Waals surface area contributed by atoms with Crippen LogP contribution in [0, 0.1) is 0 Å². The summed E-state index contributed by atoms with van der Waals surface area (Å²) in [5.74, 6) is 0. The van der Waals surface area contributed by atoms with Gasteiger partial charge < -0.3 is 9.76 Å². The van der Waals surface area contributed by atoms with Gasteiger partial charge in [0.2, 0.25) is 0 Å². The third-order valence-electron chi connectivity index (χ3n) is 2.44. The average Bonchev–Trinajstić information content (AvgIpc) is 2.17. The van der Waals surface area contributed by atoms with Gasteiger partial charge in [-0.3, -0.25) is 0 Å². The SMILES string of the molecule is [B]c1ccc([B]OC(C)(C)C(C)O)cc1. The first-order valence-corrected chi connectivity index (χ1v) is 4.96. The molecule has 0 aromatic heterocycles. The minimum Gasteiger partial charge on any atom is -0.427 e. The highest BCUT2D eigenvalue weighted by Crippen LogP contribution is 2.12. The molecular weight excluding hydrogens is 186 g/mol. The van der Waals surface area contributed by atoms with Gasteiger partial charge in [0, 0.05) is 0 Å². The normalized spacial score (nSPS) is 13.6. The molecule has 0 aliphatic carbocycles. The van der Waals surface area contributed by atoms with Crippen LogP contribution >= 0.6 is 0 Å². The topological polar surface area (TPSA) is 29.5 Å². The molecule has 1 N–H and O–H groups in total. The quantitative estimate of drug-likeness (QED) is 0.689. The zero-order valence-corrected chi connectivity index (χ0v) is 9.40. The minimum atomic E-state index is -0.582. The van der Waals surface area contributed by atoms with Crippen LogP contribution in [0.2, 0.25) is 0 Å². The van der Waals surface area contributed by atoms with Crippen molar-refractivity contribution >= 4 is 26.3 Å². The summed E-state index contributed by atoms with van der Waals surface area (Å²) < 4.78 is 5.50. The summed E-state index contributed by atoms with van der Waals surface area (Å²) in [4.78, 5) is 0. The van der Waals surface area contributed by atoms with E-state index in [0.29, 0.717) is 0 Å². The van der Waals surface area contributed by atoms with Crippen LogP contribution in [0.3, 0.4) is 0 Å². The van der Waals surface area contributed by atoms with Gasteiger partial charge in [0.25, 0.3) is 0 Å². The first kappa shape index (κ1) is 12.3. The monoisotopic (exact) mass is 201 g/mol. The second kappa shape index (κ2) is 4.86. The standard InChI is InChI=1S/C11H15B2O2/c1-8(14)11(2,3)15-13-10-6-4-9(12)5-7-10/h4-8,14H,1-3H3. The Kier molecular flexibility index (Phi) is 4.00. The van der Waals surface area contributed by atoms with Crippen LogP contribution in [0.15, 0.2) is 24.3 Å². The second-order valence-corrected chi connectivity index (χ2v) is 4.18. The number of rotatable bonds is 4. The van der Waals surface area contributed by atoms with Crippen LogP contribution in [-0.2, 0) is 4.65 Å². The molecule has 3 radical (unpaired) electrons. The van der Waals surface area contributed by atoms with Gasteiger partial charge in [0.1, 0.15) is 7.85 Å². The first-order chi connectivity index (χ1) is 6.92. The number of hydrogen-bond acceptors (Lipinski definition) is 2. The maximum absolute atomic E-state index is 9.44. The lowest BCUT2D eigenvalue weighted by Crippen LogP contribution is -2.40. The third kappa shape index (κ3) is 3.73. The molecule has 4 heteroatoms. The third-order valence-corrected chi connectivity index (χ3v) is 2.44. The Balaban J connectivity index is 2.54. The van der Waals surface area contributed by atoms with Crippen molar-refractivity contribution in [2.24, 2.45) is 0 Å². The Morgan fingerprint density at radius 1 is 1.33 bits per heavy atom. The Morgan fingerprint density at radius 3 is 2.33 bits per heavy atom. The van der Waals surface area contributed by atoms with E-state index < -0.39 is 11.7 Å². The van der Waals surface area contributed by atoms with E-state index in [-0.39, 0.29) is 0 Å². The summed E-state index contributed by atoms with van der Waals surface area (Å²) in [5, 5.41) is 9.44. The molecule has 0 heterocycles. The van der Waals surface area contributed by atoms with E-state index >= 15 is 0 Å². The van der Waals surface area contributed by atoms with E-state index in [1.807, 2.05) is 38.1 Å². The van der Waals surface area contributed by atoms with Gasteiger partial charge in [-0.15, -0.1) is 0 Å². The van der Waals surface area contributed by atoms with E-state index in [1.165, 1.54) is 0 Å². The summed E-state index contributed by atoms with van der Waals surface area (Å²) in [6.07, 6.45) is -0.525. The van der Waals surface area contributed by atoms with Crippen molar-refractivity contribution < 1.29 is 9.76 Å². The predicted octanol–water partition coefficient (Wildman–Crippen LogP) is -0.0991. The van der Waals surface area contributed by atoms with Crippen LogP contribution in [0.25, 0.3) is 0 Å². The Hall–Kier alpha value is -0.730. The summed E-state index contributed by atoms with van der Waals surface area (Å²) >= 11 is 0. The molecule has 1 aromatic rings. The number of hydrogen-bond donors (Lipinski definition) is 1. The maximum Gasteiger partial charge on any atom is 0.330 e. The molecule has 1 unspecified atom stereocenters. The molecule has 0 fully saturated rings. The highest BCUT2D eigenvalue weighted by atomic mass is 16.5. The molecule has 1 atom stereocenters. The fraction of sp³-hybridized carbons (Fsp3) is 0.455. The highest BCUT2D eigenvalue weighted by molar-refractivity contribution is 6.47. The molecular formula is C11H15B2O2. The molecule has 0 amide bonds. The molecule has 1 aromatic carbocycles. The summed E-state index contributed by atoms with van der Waals surface area (Å²) in [7, 11) is 7.19. The van der Waals surface area contributed by atoms with Crippen LogP contribution in [-0.4, -0.2) is 32.1 Å². The molecule has 0 aliphatic rings. The van der Waals surface area contributed by atoms with E-state index in [2.05, 4.69) is 0 Å². The van der Waals surface area contributed by atoms with Gasteiger partial charge in [-0.25, -0.2) is 0 Å². The molecule has 77 valence electrons. The molecule has 0 saturated heterocycles. The minimum absolute atomic E-state index is 0.525. The van der Waals surface area contributed by atoms with Gasteiger partial charge in [-0.1, -0.05) is 35.2 Å². The number of aliphatic hydroxyl groups is 1. The van der Waals surface area contributed by atoms with Gasteiger partial charge in [0.05, 0.1) is 11.7 Å². The molecule has 1 rings (SSSR count). The molecule has 0 spiro atoms. The lowest BCUT2D eigenvalue weighted by Gasteiger charge is -2.28. The molecule has 0 bridgehead atoms. The van der Waals surface area contributed by atoms with Crippen molar-refractivity contribution in [3.05, 3.63) is 24.3 Å². The van der Waals surface area contributed by atoms with Crippen molar-refractivity contribution in [2.45, 2.75) is 32.5 Å². The van der Waals surface area contributed by atoms with Gasteiger partial charge >= 0.3 is 7.48 Å². The van der Waals surface area contributed by atoms with Crippen molar-refractivity contribution in [1.82, 2.24) is 0 Å². The maximum atomic E-state index is 9.44. The molecule has 0 saturated carbocycles. The van der Waals surface area contributed by atoms with Crippen LogP contribution in [0.4, 0.5) is 0 Å². The lowest BCUT2D eigenvalue weighted by atomic mass is 9.83. The van der Waals surface area contributed by atoms with Crippen molar-refractivity contribution in [1.29, 1.82) is 0 Å². The Bertz CT molecular complexity index is 307. The largest absolute Gasteiger partial charge is 0.427 e. The van der Waals surface area contributed by atoms with E-state index in [4.69, 9.17) is 12.5 Å². The van der Waals surface area contributed by atoms with Crippen LogP contribution in [0.1, 0.15) is 20.8 Å². The smallest absolute Gasteiger partial charge is 0.330 e. The van der Waals surface area contributed by atoms with Crippen molar-refractivity contribution in [3.63, 3.8) is 0 Å². The molecule has 15 heavy (non-hydrogen) atoms. The van der Waals surface area contributed by atoms with E-state index in [0.717, 1.165) is 10.9 Å². The van der Waals surface area contributed by atoms with Crippen molar-refractivity contribution in [2.75, 3.05) is 0 Å². The average molecular weight is 201 g/mol. The summed E-state index contributed by atoms with van der Waals surface area (Å²) in [5.41, 5.74) is 1.07. The van der Waals surface area contributed by atoms with Crippen LogP contribution < -0.4 is 10.9 Å². The van der Waals surface area contributed by atoms with Gasteiger partial charge in [-0.2, -0.15) is 0 Å². The Labute approximate surface area is 93.3 Å². The van der Waals surface area contributed by atoms with Gasteiger partial charge in [-0.05, 0) is 20.8 Å². The highest BCUT2D eigenvalue weighted by Gasteiger charge is 2.24. The zero-order valence-electron chi connectivity index (χ0n) is 9.40.